The maximum absolute atomic E-state index is 11.9. The number of nitrogens with one attached hydrogen (secondary N) is 1. The molecule has 6 nitrogen and oxygen atoms in total. The number of amides is 1. The molecule has 0 unspecified atom stereocenters. The normalized spacial score (nSPS) is 19.4. The number of sulfone groups is 1. The molecule has 0 aliphatic carbocycles. The Bertz CT molecular complexity index is 937. The fourth-order valence-corrected chi connectivity index (χ4v) is 4.52. The van der Waals surface area contributed by atoms with E-state index in [2.05, 4.69) is 10.5 Å². The van der Waals surface area contributed by atoms with Crippen LogP contribution in [0.2, 0.25) is 10.0 Å². The number of hydrazone groups is 1. The van der Waals surface area contributed by atoms with E-state index < -0.39 is 21.7 Å². The maximum atomic E-state index is 11.9. The van der Waals surface area contributed by atoms with Crippen LogP contribution in [-0.4, -0.2) is 32.0 Å². The van der Waals surface area contributed by atoms with Gasteiger partial charge in [0.1, 0.15) is 11.5 Å². The van der Waals surface area contributed by atoms with E-state index in [4.69, 9.17) is 27.6 Å². The van der Waals surface area contributed by atoms with Crippen LogP contribution >= 0.6 is 23.2 Å². The van der Waals surface area contributed by atoms with Crippen LogP contribution in [0, 0.1) is 5.92 Å². The second kappa shape index (κ2) is 7.19. The Morgan fingerprint density at radius 1 is 1.24 bits per heavy atom. The van der Waals surface area contributed by atoms with Gasteiger partial charge in [-0.1, -0.05) is 23.2 Å². The van der Waals surface area contributed by atoms with Gasteiger partial charge in [0, 0.05) is 5.56 Å². The van der Waals surface area contributed by atoms with Gasteiger partial charge in [-0.15, -0.1) is 0 Å². The standard InChI is InChI=1S/C16H14Cl2N2O4S/c17-13-3-1-10(7-14(13)18)15-4-2-12(24-15)8-19-20-16(21)11-5-6-25(22,23)9-11/h1-4,7-8,11H,5-6,9H2,(H,20,21)/b19-8-/t11-/m0/s1. The molecule has 0 radical (unpaired) electrons. The number of furan rings is 1. The Kier molecular flexibility index (Phi) is 5.17. The molecule has 1 atom stereocenters. The number of rotatable bonds is 4. The van der Waals surface area contributed by atoms with Crippen molar-refractivity contribution < 1.29 is 17.6 Å². The third-order valence-corrected chi connectivity index (χ3v) is 6.31. The highest BCUT2D eigenvalue weighted by molar-refractivity contribution is 7.91. The molecule has 0 saturated carbocycles. The average Bonchev–Trinajstić information content (AvgIpc) is 3.16. The lowest BCUT2D eigenvalue weighted by Gasteiger charge is -2.04. The number of carbonyl (C=O) groups is 1. The molecule has 1 aromatic heterocycles. The Balaban J connectivity index is 1.62. The summed E-state index contributed by atoms with van der Waals surface area (Å²) in [6.07, 6.45) is 1.67. The molecule has 2 heterocycles. The van der Waals surface area contributed by atoms with Gasteiger partial charge in [0.25, 0.3) is 0 Å². The van der Waals surface area contributed by atoms with Crippen molar-refractivity contribution in [1.82, 2.24) is 5.43 Å². The van der Waals surface area contributed by atoms with Crippen LogP contribution in [0.15, 0.2) is 39.9 Å². The zero-order valence-electron chi connectivity index (χ0n) is 12.9. The molecule has 1 aromatic carbocycles. The first-order valence-electron chi connectivity index (χ1n) is 7.43. The molecule has 0 bridgehead atoms. The smallest absolute Gasteiger partial charge is 0.244 e. The quantitative estimate of drug-likeness (QED) is 0.630. The molecule has 3 rings (SSSR count). The second-order valence-electron chi connectivity index (χ2n) is 5.67. The fraction of sp³-hybridized carbons (Fsp3) is 0.250. The summed E-state index contributed by atoms with van der Waals surface area (Å²) in [6, 6.07) is 8.56. The Morgan fingerprint density at radius 2 is 2.04 bits per heavy atom. The van der Waals surface area contributed by atoms with Gasteiger partial charge in [-0.05, 0) is 36.8 Å². The largest absolute Gasteiger partial charge is 0.455 e. The first kappa shape index (κ1) is 18.0. The van der Waals surface area contributed by atoms with Gasteiger partial charge in [0.2, 0.25) is 5.91 Å². The van der Waals surface area contributed by atoms with E-state index in [1.165, 1.54) is 6.21 Å². The van der Waals surface area contributed by atoms with E-state index in [1.54, 1.807) is 30.3 Å². The van der Waals surface area contributed by atoms with Gasteiger partial charge in [0.05, 0.1) is 33.7 Å². The molecular weight excluding hydrogens is 387 g/mol. The fourth-order valence-electron chi connectivity index (χ4n) is 2.48. The van der Waals surface area contributed by atoms with Gasteiger partial charge in [-0.2, -0.15) is 5.10 Å². The number of nitrogens with zero attached hydrogens (tertiary/aromatic N) is 1. The summed E-state index contributed by atoms with van der Waals surface area (Å²) in [5.41, 5.74) is 3.10. The monoisotopic (exact) mass is 400 g/mol. The van der Waals surface area contributed by atoms with Crippen molar-refractivity contribution in [2.45, 2.75) is 6.42 Å². The molecule has 1 N–H and O–H groups in total. The molecule has 1 aliphatic rings. The summed E-state index contributed by atoms with van der Waals surface area (Å²) in [7, 11) is -3.10. The topological polar surface area (TPSA) is 88.7 Å². The highest BCUT2D eigenvalue weighted by Gasteiger charge is 2.32. The van der Waals surface area contributed by atoms with Crippen LogP contribution in [0.4, 0.5) is 0 Å². The van der Waals surface area contributed by atoms with E-state index in [-0.39, 0.29) is 11.5 Å². The number of benzene rings is 1. The van der Waals surface area contributed by atoms with Crippen LogP contribution in [0.25, 0.3) is 11.3 Å². The van der Waals surface area contributed by atoms with Crippen molar-refractivity contribution in [1.29, 1.82) is 0 Å². The van der Waals surface area contributed by atoms with Crippen molar-refractivity contribution in [3.05, 3.63) is 46.1 Å². The zero-order valence-corrected chi connectivity index (χ0v) is 15.2. The predicted octanol–water partition coefficient (Wildman–Crippen LogP) is 3.14. The lowest BCUT2D eigenvalue weighted by molar-refractivity contribution is -0.124. The number of halogens is 2. The van der Waals surface area contributed by atoms with E-state index in [0.29, 0.717) is 28.0 Å². The SMILES string of the molecule is O=C(N/N=C\c1ccc(-c2ccc(Cl)c(Cl)c2)o1)[C@H]1CCS(=O)(=O)C1. The van der Waals surface area contributed by atoms with Crippen molar-refractivity contribution in [3.8, 4) is 11.3 Å². The van der Waals surface area contributed by atoms with E-state index in [0.717, 1.165) is 5.56 Å². The Labute approximate surface area is 154 Å². The molecule has 9 heteroatoms. The molecule has 1 amide bonds. The summed E-state index contributed by atoms with van der Waals surface area (Å²) in [5, 5.41) is 4.69. The summed E-state index contributed by atoms with van der Waals surface area (Å²) >= 11 is 11.9. The average molecular weight is 401 g/mol. The van der Waals surface area contributed by atoms with Crippen LogP contribution < -0.4 is 5.43 Å². The minimum absolute atomic E-state index is 0.0417. The van der Waals surface area contributed by atoms with Gasteiger partial charge < -0.3 is 4.42 Å². The third kappa shape index (κ3) is 4.42. The van der Waals surface area contributed by atoms with Crippen molar-refractivity contribution in [2.75, 3.05) is 11.5 Å². The van der Waals surface area contributed by atoms with E-state index in [9.17, 15) is 13.2 Å². The summed E-state index contributed by atoms with van der Waals surface area (Å²) in [6.45, 7) is 0. The molecular formula is C16H14Cl2N2O4S. The van der Waals surface area contributed by atoms with E-state index in [1.807, 2.05) is 0 Å². The third-order valence-electron chi connectivity index (χ3n) is 3.80. The molecule has 25 heavy (non-hydrogen) atoms. The number of hydrogen-bond acceptors (Lipinski definition) is 5. The van der Waals surface area contributed by atoms with Gasteiger partial charge in [-0.3, -0.25) is 4.79 Å². The molecule has 1 aliphatic heterocycles. The number of hydrogen-bond donors (Lipinski definition) is 1. The first-order valence-corrected chi connectivity index (χ1v) is 10.0. The number of carbonyl (C=O) groups excluding carboxylic acids is 1. The lowest BCUT2D eigenvalue weighted by Crippen LogP contribution is -2.27. The minimum Gasteiger partial charge on any atom is -0.455 e. The lowest BCUT2D eigenvalue weighted by atomic mass is 10.1. The van der Waals surface area contributed by atoms with Gasteiger partial charge in [-0.25, -0.2) is 13.8 Å². The van der Waals surface area contributed by atoms with Crippen LogP contribution in [0.1, 0.15) is 12.2 Å². The highest BCUT2D eigenvalue weighted by Crippen LogP contribution is 2.29. The van der Waals surface area contributed by atoms with Crippen molar-refractivity contribution >= 4 is 45.2 Å². The van der Waals surface area contributed by atoms with E-state index >= 15 is 0 Å². The highest BCUT2D eigenvalue weighted by atomic mass is 35.5. The van der Waals surface area contributed by atoms with Crippen LogP contribution in [0.3, 0.4) is 0 Å². The molecule has 2 aromatic rings. The summed E-state index contributed by atoms with van der Waals surface area (Å²) in [5.74, 6) is -0.0379. The van der Waals surface area contributed by atoms with Gasteiger partial charge >= 0.3 is 0 Å². The molecule has 1 fully saturated rings. The van der Waals surface area contributed by atoms with Crippen molar-refractivity contribution in [2.24, 2.45) is 11.0 Å². The summed E-state index contributed by atoms with van der Waals surface area (Å²) < 4.78 is 28.4. The minimum atomic E-state index is -3.10. The second-order valence-corrected chi connectivity index (χ2v) is 8.71. The molecule has 1 saturated heterocycles. The Hall–Kier alpha value is -1.83. The van der Waals surface area contributed by atoms with Crippen molar-refractivity contribution in [3.63, 3.8) is 0 Å². The Morgan fingerprint density at radius 3 is 2.72 bits per heavy atom. The predicted molar refractivity (Wildman–Crippen MR) is 96.7 cm³/mol. The van der Waals surface area contributed by atoms with Crippen LogP contribution in [-0.2, 0) is 14.6 Å². The van der Waals surface area contributed by atoms with Gasteiger partial charge in [0.15, 0.2) is 9.84 Å². The molecule has 132 valence electrons. The van der Waals surface area contributed by atoms with Crippen LogP contribution in [0.5, 0.6) is 0 Å². The molecule has 0 spiro atoms. The maximum Gasteiger partial charge on any atom is 0.244 e. The first-order chi connectivity index (χ1) is 11.8. The summed E-state index contributed by atoms with van der Waals surface area (Å²) in [4.78, 5) is 11.9. The zero-order chi connectivity index (χ0) is 18.0.